The molecule has 2 fully saturated rings. The Hall–Kier alpha value is 0.660. The van der Waals surface area contributed by atoms with E-state index < -0.39 is 5.79 Å². The molecule has 0 bridgehead atoms. The second kappa shape index (κ2) is 6.43. The minimum absolute atomic E-state index is 0. The fourth-order valence-corrected chi connectivity index (χ4v) is 5.76. The van der Waals surface area contributed by atoms with Gasteiger partial charge in [-0.25, -0.2) is 0 Å². The molecule has 0 spiro atoms. The van der Waals surface area contributed by atoms with Gasteiger partial charge in [0, 0.05) is 44.9 Å². The molecule has 0 aromatic heterocycles. The van der Waals surface area contributed by atoms with Crippen molar-refractivity contribution < 1.29 is 39.0 Å². The van der Waals surface area contributed by atoms with Crippen molar-refractivity contribution >= 4 is 0 Å². The van der Waals surface area contributed by atoms with Crippen LogP contribution in [0.1, 0.15) is 92.4 Å². The molecule has 2 saturated heterocycles. The van der Waals surface area contributed by atoms with Gasteiger partial charge in [-0.05, 0) is 37.7 Å². The summed E-state index contributed by atoms with van der Waals surface area (Å²) in [5.41, 5.74) is 0.881. The molecule has 23 heavy (non-hydrogen) atoms. The van der Waals surface area contributed by atoms with Crippen molar-refractivity contribution in [2.45, 2.75) is 109 Å². The van der Waals surface area contributed by atoms with E-state index in [2.05, 4.69) is 45.1 Å². The van der Waals surface area contributed by atoms with Crippen LogP contribution in [0.2, 0.25) is 0 Å². The van der Waals surface area contributed by atoms with Crippen LogP contribution in [-0.2, 0) is 4.37 Å². The molecule has 3 rings (SSSR count). The molecule has 0 aromatic rings. The zero-order valence-corrected chi connectivity index (χ0v) is 18.3. The van der Waals surface area contributed by atoms with Crippen molar-refractivity contribution in [1.82, 2.24) is 0 Å². The van der Waals surface area contributed by atoms with E-state index in [1.54, 1.807) is 0 Å². The van der Waals surface area contributed by atoms with E-state index in [-0.39, 0.29) is 46.2 Å². The number of hydrogen-bond acceptors (Lipinski definition) is 1. The van der Waals surface area contributed by atoms with Crippen LogP contribution in [0.5, 0.6) is 0 Å². The first-order valence-electron chi connectivity index (χ1n) is 9.34. The number of hydrogen-bond donors (Lipinski definition) is 0. The zero-order chi connectivity index (χ0) is 16.2. The number of rotatable bonds is 1. The van der Waals surface area contributed by atoms with Gasteiger partial charge in [0.2, 0.25) is 0 Å². The van der Waals surface area contributed by atoms with Crippen LogP contribution in [0.25, 0.3) is 0 Å². The summed E-state index contributed by atoms with van der Waals surface area (Å²) in [6.45, 7) is 11.3. The Morgan fingerprint density at radius 3 is 2.04 bits per heavy atom. The summed E-state index contributed by atoms with van der Waals surface area (Å²) in [7, 11) is 0. The van der Waals surface area contributed by atoms with E-state index in [0.717, 1.165) is 50.5 Å². The molecule has 3 aliphatic rings. The standard InChI is InChI=1S/C20H34O2.Na/c1-6-16-10-7-12-18(4)14-9-15-19(5)13-8-11-17(2,3)20(16,21)22(18)19;/h10H,6-9,11-15H2,1-5H3;/q;+1/t18-,19+,20+;/m0./s1. The predicted octanol–water partition coefficient (Wildman–Crippen LogP) is 1.64. The molecule has 126 valence electrons. The fourth-order valence-electron chi connectivity index (χ4n) is 5.76. The largest absolute Gasteiger partial charge is 1.00 e. The Labute approximate surface area is 165 Å². The normalized spacial score (nSPS) is 43.5. The Balaban J connectivity index is 0.00000192. The van der Waals surface area contributed by atoms with Gasteiger partial charge in [-0.15, -0.1) is 0 Å². The van der Waals surface area contributed by atoms with E-state index in [0.29, 0.717) is 0 Å². The van der Waals surface area contributed by atoms with E-state index in [9.17, 15) is 5.11 Å². The first-order chi connectivity index (χ1) is 10.2. The third kappa shape index (κ3) is 2.81. The Morgan fingerprint density at radius 1 is 0.957 bits per heavy atom. The van der Waals surface area contributed by atoms with E-state index in [1.165, 1.54) is 12.8 Å². The molecule has 2 nitrogen and oxygen atoms in total. The quantitative estimate of drug-likeness (QED) is 0.408. The van der Waals surface area contributed by atoms with Crippen LogP contribution in [0.4, 0.5) is 0 Å². The molecule has 3 heteroatoms. The molecule has 3 atom stereocenters. The van der Waals surface area contributed by atoms with Crippen molar-refractivity contribution in [2.75, 3.05) is 0 Å². The average Bonchev–Trinajstić information content (AvgIpc) is 2.58. The van der Waals surface area contributed by atoms with Gasteiger partial charge in [0.05, 0.1) is 0 Å². The topological polar surface area (TPSA) is 25.8 Å². The second-order valence-electron chi connectivity index (χ2n) is 9.04. The van der Waals surface area contributed by atoms with Gasteiger partial charge in [-0.2, -0.15) is 0 Å². The smallest absolute Gasteiger partial charge is 0.782 e. The Kier molecular flexibility index (Phi) is 5.59. The molecule has 0 aliphatic carbocycles. The second-order valence-corrected chi connectivity index (χ2v) is 9.04. The number of allylic oxidation sites excluding steroid dienone is 1. The molecule has 0 aromatic carbocycles. The van der Waals surface area contributed by atoms with Gasteiger partial charge in [0.15, 0.2) is 11.2 Å². The SMILES string of the molecule is CCC1=CCC[C@@]2(C)CCC[C@@]3(C)CCCC(C)(C)[C@]1([O-])[O+]32.[Na+]. The van der Waals surface area contributed by atoms with Crippen molar-refractivity contribution in [3.63, 3.8) is 0 Å². The van der Waals surface area contributed by atoms with Gasteiger partial charge in [0.25, 0.3) is 0 Å². The van der Waals surface area contributed by atoms with Gasteiger partial charge in [0.1, 0.15) is 5.79 Å². The fraction of sp³-hybridized carbons (Fsp3) is 0.900. The monoisotopic (exact) mass is 329 g/mol. The summed E-state index contributed by atoms with van der Waals surface area (Å²) in [5, 5.41) is 14.6. The summed E-state index contributed by atoms with van der Waals surface area (Å²) in [4.78, 5) is 0. The predicted molar refractivity (Wildman–Crippen MR) is 89.7 cm³/mol. The van der Waals surface area contributed by atoms with Crippen LogP contribution < -0.4 is 34.7 Å². The molecule has 0 amide bonds. The molecule has 0 radical (unpaired) electrons. The van der Waals surface area contributed by atoms with Gasteiger partial charge >= 0.3 is 29.6 Å². The first kappa shape index (κ1) is 20.0. The molecule has 0 unspecified atom stereocenters. The minimum atomic E-state index is -1.11. The summed E-state index contributed by atoms with van der Waals surface area (Å²) in [6.07, 6.45) is 12.2. The summed E-state index contributed by atoms with van der Waals surface area (Å²) in [5.74, 6) is -1.11. The zero-order valence-electron chi connectivity index (χ0n) is 16.3. The Morgan fingerprint density at radius 2 is 1.48 bits per heavy atom. The van der Waals surface area contributed by atoms with Crippen molar-refractivity contribution in [1.29, 1.82) is 0 Å². The maximum absolute atomic E-state index is 14.6. The molecular weight excluding hydrogens is 295 g/mol. The van der Waals surface area contributed by atoms with E-state index in [1.807, 2.05) is 0 Å². The average molecular weight is 329 g/mol. The first-order valence-corrected chi connectivity index (χ1v) is 9.34. The van der Waals surface area contributed by atoms with E-state index >= 15 is 0 Å². The van der Waals surface area contributed by atoms with Crippen LogP contribution in [-0.4, -0.2) is 17.0 Å². The molecule has 3 heterocycles. The molecule has 3 aliphatic heterocycles. The maximum Gasteiger partial charge on any atom is 1.00 e. The van der Waals surface area contributed by atoms with E-state index in [4.69, 9.17) is 0 Å². The van der Waals surface area contributed by atoms with Gasteiger partial charge in [-0.3, -0.25) is 0 Å². The Bertz CT molecular complexity index is 486. The molecule has 0 saturated carbocycles. The van der Waals surface area contributed by atoms with Crippen molar-refractivity contribution in [3.8, 4) is 0 Å². The third-order valence-corrected chi connectivity index (χ3v) is 6.95. The van der Waals surface area contributed by atoms with Crippen LogP contribution in [0.15, 0.2) is 11.6 Å². The summed E-state index contributed by atoms with van der Waals surface area (Å²) in [6, 6.07) is 0. The minimum Gasteiger partial charge on any atom is -0.782 e. The van der Waals surface area contributed by atoms with Gasteiger partial charge in [-0.1, -0.05) is 26.8 Å². The maximum atomic E-state index is 14.6. The van der Waals surface area contributed by atoms with Crippen LogP contribution in [0, 0.1) is 5.41 Å². The summed E-state index contributed by atoms with van der Waals surface area (Å²) >= 11 is 0. The molecular formula is C20H34NaO2+. The van der Waals surface area contributed by atoms with Crippen LogP contribution in [0.3, 0.4) is 0 Å². The van der Waals surface area contributed by atoms with Crippen molar-refractivity contribution in [2.24, 2.45) is 5.41 Å². The third-order valence-electron chi connectivity index (χ3n) is 6.95. The molecule has 0 N–H and O–H groups in total. The van der Waals surface area contributed by atoms with Crippen molar-refractivity contribution in [3.05, 3.63) is 11.6 Å². The van der Waals surface area contributed by atoms with Crippen LogP contribution >= 0.6 is 0 Å². The van der Waals surface area contributed by atoms with Gasteiger partial charge < -0.3 is 9.47 Å². The summed E-state index contributed by atoms with van der Waals surface area (Å²) < 4.78 is 3.60.